The van der Waals surface area contributed by atoms with Gasteiger partial charge < -0.3 is 9.47 Å². The number of esters is 1. The van der Waals surface area contributed by atoms with Gasteiger partial charge in [-0.1, -0.05) is 0 Å². The molecule has 1 fully saturated rings. The fourth-order valence-electron chi connectivity index (χ4n) is 2.60. The van der Waals surface area contributed by atoms with E-state index in [2.05, 4.69) is 14.9 Å². The van der Waals surface area contributed by atoms with Crippen molar-refractivity contribution in [2.45, 2.75) is 58.7 Å². The Morgan fingerprint density at radius 1 is 1.45 bits per heavy atom. The molecular formula is C16H25N3O3. The minimum atomic E-state index is -0.454. The number of hydrogen-bond acceptors (Lipinski definition) is 6. The Bertz CT molecular complexity index is 540. The Hall–Kier alpha value is -1.69. The third-order valence-corrected chi connectivity index (χ3v) is 3.66. The molecular weight excluding hydrogens is 282 g/mol. The molecule has 122 valence electrons. The third-order valence-electron chi connectivity index (χ3n) is 3.66. The molecule has 6 nitrogen and oxygen atoms in total. The van der Waals surface area contributed by atoms with Crippen molar-refractivity contribution in [3.63, 3.8) is 0 Å². The lowest BCUT2D eigenvalue weighted by Crippen LogP contribution is -2.40. The normalized spacial score (nSPS) is 19.2. The lowest BCUT2D eigenvalue weighted by molar-refractivity contribution is -0.160. The number of carbonyl (C=O) groups excluding carboxylic acids is 1. The van der Waals surface area contributed by atoms with Crippen molar-refractivity contribution in [3.05, 3.63) is 17.5 Å². The van der Waals surface area contributed by atoms with Crippen LogP contribution in [0.1, 0.15) is 44.9 Å². The van der Waals surface area contributed by atoms with E-state index < -0.39 is 5.60 Å². The Morgan fingerprint density at radius 2 is 2.18 bits per heavy atom. The number of likely N-dealkylation sites (tertiary alicyclic amines) is 1. The molecule has 1 atom stereocenters. The SMILES string of the molecule is COc1ncc(CN2CCC[C@@H]2C(=O)OC(C)(C)C)c(C)n1. The molecule has 6 heteroatoms. The van der Waals surface area contributed by atoms with Crippen molar-refractivity contribution in [2.75, 3.05) is 13.7 Å². The molecule has 1 aromatic rings. The topological polar surface area (TPSA) is 64.5 Å². The molecule has 0 spiro atoms. The van der Waals surface area contributed by atoms with Crippen molar-refractivity contribution < 1.29 is 14.3 Å². The molecule has 1 aliphatic heterocycles. The maximum atomic E-state index is 12.3. The van der Waals surface area contributed by atoms with Gasteiger partial charge in [0.15, 0.2) is 0 Å². The smallest absolute Gasteiger partial charge is 0.323 e. The molecule has 1 saturated heterocycles. The van der Waals surface area contributed by atoms with E-state index >= 15 is 0 Å². The van der Waals surface area contributed by atoms with Gasteiger partial charge in [0.05, 0.1) is 7.11 Å². The van der Waals surface area contributed by atoms with E-state index in [1.807, 2.05) is 27.7 Å². The summed E-state index contributed by atoms with van der Waals surface area (Å²) in [6, 6.07) is 0.187. The van der Waals surface area contributed by atoms with E-state index in [1.54, 1.807) is 13.3 Å². The maximum absolute atomic E-state index is 12.3. The van der Waals surface area contributed by atoms with E-state index in [-0.39, 0.29) is 12.0 Å². The van der Waals surface area contributed by atoms with Gasteiger partial charge in [0.1, 0.15) is 11.6 Å². The first-order valence-electron chi connectivity index (χ1n) is 7.63. The Kier molecular flexibility index (Phi) is 5.01. The molecule has 2 rings (SSSR count). The summed E-state index contributed by atoms with van der Waals surface area (Å²) in [6.45, 7) is 9.15. The van der Waals surface area contributed by atoms with Crippen LogP contribution in [0.15, 0.2) is 6.20 Å². The quantitative estimate of drug-likeness (QED) is 0.794. The van der Waals surface area contributed by atoms with Crippen LogP contribution in [0, 0.1) is 6.92 Å². The number of methoxy groups -OCH3 is 1. The second-order valence-corrected chi connectivity index (χ2v) is 6.63. The molecule has 0 amide bonds. The van der Waals surface area contributed by atoms with Crippen molar-refractivity contribution in [3.8, 4) is 6.01 Å². The first-order valence-corrected chi connectivity index (χ1v) is 7.63. The van der Waals surface area contributed by atoms with Gasteiger partial charge in [-0.2, -0.15) is 0 Å². The Morgan fingerprint density at radius 3 is 2.77 bits per heavy atom. The lowest BCUT2D eigenvalue weighted by Gasteiger charge is -2.27. The highest BCUT2D eigenvalue weighted by Gasteiger charge is 2.34. The summed E-state index contributed by atoms with van der Waals surface area (Å²) in [4.78, 5) is 22.9. The molecule has 0 unspecified atom stereocenters. The number of nitrogens with zero attached hydrogens (tertiary/aromatic N) is 3. The fourth-order valence-corrected chi connectivity index (χ4v) is 2.60. The Balaban J connectivity index is 2.07. The highest BCUT2D eigenvalue weighted by molar-refractivity contribution is 5.76. The molecule has 0 aromatic carbocycles. The fraction of sp³-hybridized carbons (Fsp3) is 0.688. The number of carbonyl (C=O) groups is 1. The van der Waals surface area contributed by atoms with Gasteiger partial charge in [0.25, 0.3) is 0 Å². The molecule has 0 radical (unpaired) electrons. The van der Waals surface area contributed by atoms with Crippen molar-refractivity contribution in [1.29, 1.82) is 0 Å². The number of aromatic nitrogens is 2. The summed E-state index contributed by atoms with van der Waals surface area (Å²) < 4.78 is 10.5. The molecule has 0 N–H and O–H groups in total. The van der Waals surface area contributed by atoms with Crippen LogP contribution in [0.25, 0.3) is 0 Å². The van der Waals surface area contributed by atoms with Crippen LogP contribution in [0.3, 0.4) is 0 Å². The van der Waals surface area contributed by atoms with Gasteiger partial charge in [-0.3, -0.25) is 9.69 Å². The minimum absolute atomic E-state index is 0.142. The van der Waals surface area contributed by atoms with Gasteiger partial charge in [-0.15, -0.1) is 0 Å². The molecule has 0 aliphatic carbocycles. The monoisotopic (exact) mass is 307 g/mol. The zero-order chi connectivity index (χ0) is 16.3. The summed E-state index contributed by atoms with van der Waals surface area (Å²) in [6.07, 6.45) is 3.61. The summed E-state index contributed by atoms with van der Waals surface area (Å²) >= 11 is 0. The number of ether oxygens (including phenoxy) is 2. The van der Waals surface area contributed by atoms with Crippen LogP contribution < -0.4 is 4.74 Å². The van der Waals surface area contributed by atoms with Gasteiger partial charge in [-0.25, -0.2) is 9.97 Å². The van der Waals surface area contributed by atoms with E-state index in [4.69, 9.17) is 9.47 Å². The highest BCUT2D eigenvalue weighted by Crippen LogP contribution is 2.24. The molecule has 0 bridgehead atoms. The summed E-state index contributed by atoms with van der Waals surface area (Å²) in [5, 5.41) is 0. The van der Waals surface area contributed by atoms with Crippen LogP contribution in [0.5, 0.6) is 6.01 Å². The first-order chi connectivity index (χ1) is 10.3. The number of rotatable bonds is 4. The molecule has 22 heavy (non-hydrogen) atoms. The minimum Gasteiger partial charge on any atom is -0.467 e. The molecule has 0 saturated carbocycles. The van der Waals surface area contributed by atoms with Crippen LogP contribution >= 0.6 is 0 Å². The standard InChI is InChI=1S/C16H25N3O3/c1-11-12(9-17-15(18-11)21-5)10-19-8-6-7-13(19)14(20)22-16(2,3)4/h9,13H,6-8,10H2,1-5H3/t13-/m1/s1. The average Bonchev–Trinajstić information content (AvgIpc) is 2.87. The van der Waals surface area contributed by atoms with Crippen LogP contribution in [-0.2, 0) is 16.1 Å². The number of aryl methyl sites for hydroxylation is 1. The van der Waals surface area contributed by atoms with E-state index in [9.17, 15) is 4.79 Å². The highest BCUT2D eigenvalue weighted by atomic mass is 16.6. The van der Waals surface area contributed by atoms with Gasteiger partial charge in [-0.05, 0) is 47.1 Å². The van der Waals surface area contributed by atoms with Gasteiger partial charge >= 0.3 is 12.0 Å². The third kappa shape index (κ3) is 4.16. The van der Waals surface area contributed by atoms with Crippen LogP contribution in [0.4, 0.5) is 0 Å². The van der Waals surface area contributed by atoms with E-state index in [0.717, 1.165) is 30.6 Å². The molecule has 1 aromatic heterocycles. The van der Waals surface area contributed by atoms with Crippen molar-refractivity contribution in [2.24, 2.45) is 0 Å². The Labute approximate surface area is 131 Å². The predicted molar refractivity (Wildman–Crippen MR) is 82.6 cm³/mol. The predicted octanol–water partition coefficient (Wildman–Crippen LogP) is 2.10. The lowest BCUT2D eigenvalue weighted by atomic mass is 10.1. The second-order valence-electron chi connectivity index (χ2n) is 6.63. The summed E-state index contributed by atoms with van der Waals surface area (Å²) in [5.41, 5.74) is 1.43. The number of hydrogen-bond donors (Lipinski definition) is 0. The van der Waals surface area contributed by atoms with E-state index in [0.29, 0.717) is 12.6 Å². The summed E-state index contributed by atoms with van der Waals surface area (Å²) in [7, 11) is 1.55. The van der Waals surface area contributed by atoms with Crippen LogP contribution in [0.2, 0.25) is 0 Å². The average molecular weight is 307 g/mol. The van der Waals surface area contributed by atoms with Crippen molar-refractivity contribution in [1.82, 2.24) is 14.9 Å². The zero-order valence-electron chi connectivity index (χ0n) is 14.0. The maximum Gasteiger partial charge on any atom is 0.323 e. The molecule has 2 heterocycles. The summed E-state index contributed by atoms with van der Waals surface area (Å²) in [5.74, 6) is -0.142. The zero-order valence-corrected chi connectivity index (χ0v) is 14.0. The van der Waals surface area contributed by atoms with Gasteiger partial charge in [0.2, 0.25) is 0 Å². The first kappa shape index (κ1) is 16.7. The van der Waals surface area contributed by atoms with Crippen LogP contribution in [-0.4, -0.2) is 46.1 Å². The second kappa shape index (κ2) is 6.60. The van der Waals surface area contributed by atoms with Crippen molar-refractivity contribution >= 4 is 5.97 Å². The van der Waals surface area contributed by atoms with Gasteiger partial charge in [0, 0.05) is 24.0 Å². The molecule has 1 aliphatic rings. The largest absolute Gasteiger partial charge is 0.467 e. The van der Waals surface area contributed by atoms with E-state index in [1.165, 1.54) is 0 Å².